The highest BCUT2D eigenvalue weighted by Crippen LogP contribution is 2.34. The summed E-state index contributed by atoms with van der Waals surface area (Å²) in [6, 6.07) is 21.1. The van der Waals surface area contributed by atoms with E-state index in [2.05, 4.69) is 15.3 Å². The molecule has 2 aromatic heterocycles. The van der Waals surface area contributed by atoms with E-state index in [1.165, 1.54) is 22.3 Å². The van der Waals surface area contributed by atoms with Gasteiger partial charge in [-0.15, -0.1) is 10.2 Å². The van der Waals surface area contributed by atoms with Crippen LogP contribution in [0.3, 0.4) is 0 Å². The van der Waals surface area contributed by atoms with Crippen LogP contribution >= 0.6 is 11.8 Å². The molecule has 0 N–H and O–H groups in total. The molecule has 0 bridgehead atoms. The second-order valence-corrected chi connectivity index (χ2v) is 8.34. The van der Waals surface area contributed by atoms with Gasteiger partial charge in [-0.3, -0.25) is 4.79 Å². The van der Waals surface area contributed by atoms with Crippen LogP contribution in [0.5, 0.6) is 0 Å². The number of amides is 1. The van der Waals surface area contributed by atoms with Crippen molar-refractivity contribution in [2.45, 2.75) is 24.6 Å². The number of nitrogens with zero attached hydrogens (tertiary/aromatic N) is 4. The molecule has 1 aliphatic rings. The predicted molar refractivity (Wildman–Crippen MR) is 121 cm³/mol. The number of hydrogen-bond donors (Lipinski definition) is 0. The predicted octanol–water partition coefficient (Wildman–Crippen LogP) is 5.11. The Bertz CT molecular complexity index is 1230. The lowest BCUT2D eigenvalue weighted by atomic mass is 10.0. The van der Waals surface area contributed by atoms with Crippen LogP contribution in [0.1, 0.15) is 29.3 Å². The molecule has 2 aromatic carbocycles. The van der Waals surface area contributed by atoms with Gasteiger partial charge in [-0.25, -0.2) is 5.01 Å². The van der Waals surface area contributed by atoms with E-state index >= 15 is 0 Å². The summed E-state index contributed by atoms with van der Waals surface area (Å²) in [6.45, 7) is 2.04. The van der Waals surface area contributed by atoms with Gasteiger partial charge in [-0.1, -0.05) is 59.8 Å². The van der Waals surface area contributed by atoms with E-state index in [1.54, 1.807) is 6.26 Å². The molecule has 0 fully saturated rings. The highest BCUT2D eigenvalue weighted by Gasteiger charge is 2.35. The first-order valence-electron chi connectivity index (χ1n) is 10.2. The van der Waals surface area contributed by atoms with Crippen molar-refractivity contribution in [3.8, 4) is 11.5 Å². The van der Waals surface area contributed by atoms with Crippen LogP contribution in [-0.4, -0.2) is 32.6 Å². The van der Waals surface area contributed by atoms with Gasteiger partial charge in [0, 0.05) is 12.0 Å². The number of benzene rings is 2. The molecule has 4 aromatic rings. The van der Waals surface area contributed by atoms with Crippen LogP contribution in [0.4, 0.5) is 0 Å². The first kappa shape index (κ1) is 20.3. The Kier molecular flexibility index (Phi) is 5.60. The molecule has 32 heavy (non-hydrogen) atoms. The van der Waals surface area contributed by atoms with E-state index in [0.717, 1.165) is 16.8 Å². The van der Waals surface area contributed by atoms with Crippen molar-refractivity contribution in [3.05, 3.63) is 89.9 Å². The second-order valence-electron chi connectivity index (χ2n) is 7.41. The number of carbonyl (C=O) groups is 1. The third kappa shape index (κ3) is 4.22. The third-order valence-corrected chi connectivity index (χ3v) is 5.97. The summed E-state index contributed by atoms with van der Waals surface area (Å²) in [4.78, 5) is 13.1. The average molecular weight is 445 g/mol. The van der Waals surface area contributed by atoms with Gasteiger partial charge < -0.3 is 8.83 Å². The molecule has 0 saturated heterocycles. The van der Waals surface area contributed by atoms with Crippen molar-refractivity contribution < 1.29 is 13.6 Å². The summed E-state index contributed by atoms with van der Waals surface area (Å²) < 4.78 is 11.3. The van der Waals surface area contributed by atoms with E-state index < -0.39 is 0 Å². The fourth-order valence-electron chi connectivity index (χ4n) is 3.52. The fourth-order valence-corrected chi connectivity index (χ4v) is 4.13. The minimum atomic E-state index is -0.281. The molecule has 160 valence electrons. The summed E-state index contributed by atoms with van der Waals surface area (Å²) in [5, 5.41) is 14.6. The second kappa shape index (κ2) is 8.84. The van der Waals surface area contributed by atoms with Gasteiger partial charge in [0.25, 0.3) is 11.1 Å². The molecule has 7 nitrogen and oxygen atoms in total. The van der Waals surface area contributed by atoms with Crippen LogP contribution in [0, 0.1) is 6.92 Å². The zero-order valence-corrected chi connectivity index (χ0v) is 18.2. The first-order chi connectivity index (χ1) is 15.7. The quantitative estimate of drug-likeness (QED) is 0.384. The van der Waals surface area contributed by atoms with Gasteiger partial charge in [-0.05, 0) is 36.8 Å². The summed E-state index contributed by atoms with van der Waals surface area (Å²) >= 11 is 1.20. The number of hydrazone groups is 1. The lowest BCUT2D eigenvalue weighted by molar-refractivity contribution is -0.130. The van der Waals surface area contributed by atoms with Gasteiger partial charge in [0.1, 0.15) is 11.8 Å². The largest absolute Gasteiger partial charge is 0.467 e. The highest BCUT2D eigenvalue weighted by atomic mass is 32.2. The summed E-state index contributed by atoms with van der Waals surface area (Å²) in [6.07, 6.45) is 2.20. The topological polar surface area (TPSA) is 84.7 Å². The molecule has 0 spiro atoms. The minimum Gasteiger partial charge on any atom is -0.467 e. The highest BCUT2D eigenvalue weighted by molar-refractivity contribution is 7.99. The zero-order chi connectivity index (χ0) is 21.9. The zero-order valence-electron chi connectivity index (χ0n) is 17.3. The normalized spacial score (nSPS) is 15.7. The number of rotatable bonds is 6. The van der Waals surface area contributed by atoms with Crippen LogP contribution in [0.15, 0.2) is 92.2 Å². The molecular weight excluding hydrogens is 424 g/mol. The summed E-state index contributed by atoms with van der Waals surface area (Å²) in [7, 11) is 0. The van der Waals surface area contributed by atoms with E-state index in [-0.39, 0.29) is 17.7 Å². The molecule has 0 radical (unpaired) electrons. The van der Waals surface area contributed by atoms with Crippen molar-refractivity contribution in [2.24, 2.45) is 5.10 Å². The van der Waals surface area contributed by atoms with Crippen molar-refractivity contribution in [1.82, 2.24) is 15.2 Å². The molecule has 1 unspecified atom stereocenters. The maximum absolute atomic E-state index is 13.1. The van der Waals surface area contributed by atoms with Crippen LogP contribution in [0.2, 0.25) is 0 Å². The van der Waals surface area contributed by atoms with Crippen LogP contribution in [-0.2, 0) is 4.79 Å². The Balaban J connectivity index is 1.32. The minimum absolute atomic E-state index is 0.123. The molecule has 1 aliphatic heterocycles. The molecular formula is C24H20N4O3S. The Morgan fingerprint density at radius 3 is 2.59 bits per heavy atom. The maximum atomic E-state index is 13.1. The van der Waals surface area contributed by atoms with Crippen molar-refractivity contribution >= 4 is 23.4 Å². The molecule has 1 amide bonds. The average Bonchev–Trinajstić information content (AvgIpc) is 3.59. The monoisotopic (exact) mass is 444 g/mol. The Morgan fingerprint density at radius 2 is 1.84 bits per heavy atom. The van der Waals surface area contributed by atoms with Gasteiger partial charge >= 0.3 is 0 Å². The van der Waals surface area contributed by atoms with Crippen molar-refractivity contribution in [3.63, 3.8) is 0 Å². The van der Waals surface area contributed by atoms with E-state index in [4.69, 9.17) is 8.83 Å². The molecule has 0 saturated carbocycles. The maximum Gasteiger partial charge on any atom is 0.277 e. The van der Waals surface area contributed by atoms with Crippen molar-refractivity contribution in [1.29, 1.82) is 0 Å². The van der Waals surface area contributed by atoms with Gasteiger partial charge in [0.15, 0.2) is 0 Å². The molecule has 0 aliphatic carbocycles. The number of carbonyl (C=O) groups excluding carboxylic acids is 1. The summed E-state index contributed by atoms with van der Waals surface area (Å²) in [5.74, 6) is 1.10. The molecule has 8 heteroatoms. The molecule has 5 rings (SSSR count). The first-order valence-corrected chi connectivity index (χ1v) is 11.2. The number of thioether (sulfide) groups is 1. The number of aromatic nitrogens is 2. The number of aryl methyl sites for hydroxylation is 1. The Hall–Kier alpha value is -3.65. The lowest BCUT2D eigenvalue weighted by Gasteiger charge is -2.19. The smallest absolute Gasteiger partial charge is 0.277 e. The Morgan fingerprint density at radius 1 is 1.03 bits per heavy atom. The number of hydrogen-bond acceptors (Lipinski definition) is 7. The Labute approximate surface area is 189 Å². The molecule has 3 heterocycles. The third-order valence-electron chi connectivity index (χ3n) is 5.17. The van der Waals surface area contributed by atoms with Gasteiger partial charge in [0.2, 0.25) is 5.89 Å². The standard InChI is InChI=1S/C24H20N4O3S/c1-16-9-11-17(12-10-16)19-14-20(21-8-5-13-30-21)28(27-19)22(29)15-32-24-26-25-23(31-24)18-6-3-2-4-7-18/h2-13,20H,14-15H2,1H3. The fraction of sp³-hybridized carbons (Fsp3) is 0.167. The van der Waals surface area contributed by atoms with E-state index in [0.29, 0.717) is 23.3 Å². The van der Waals surface area contributed by atoms with Gasteiger partial charge in [0.05, 0.1) is 17.7 Å². The van der Waals surface area contributed by atoms with Crippen LogP contribution in [0.25, 0.3) is 11.5 Å². The van der Waals surface area contributed by atoms with Crippen molar-refractivity contribution in [2.75, 3.05) is 5.75 Å². The van der Waals surface area contributed by atoms with E-state index in [9.17, 15) is 4.79 Å². The lowest BCUT2D eigenvalue weighted by Crippen LogP contribution is -2.28. The summed E-state index contributed by atoms with van der Waals surface area (Å²) in [5.41, 5.74) is 3.87. The molecule has 1 atom stereocenters. The number of furan rings is 1. The SMILES string of the molecule is Cc1ccc(C2=NN(C(=O)CSc3nnc(-c4ccccc4)o3)C(c3ccco3)C2)cc1. The van der Waals surface area contributed by atoms with E-state index in [1.807, 2.05) is 73.7 Å². The van der Waals surface area contributed by atoms with Gasteiger partial charge in [-0.2, -0.15) is 5.10 Å². The van der Waals surface area contributed by atoms with Crippen LogP contribution < -0.4 is 0 Å².